The minimum Gasteiger partial charge on any atom is -0.338 e. The van der Waals surface area contributed by atoms with Crippen molar-refractivity contribution in [3.63, 3.8) is 0 Å². The maximum absolute atomic E-state index is 12.7. The molecule has 20 heavy (non-hydrogen) atoms. The third-order valence-corrected chi connectivity index (χ3v) is 4.88. The summed E-state index contributed by atoms with van der Waals surface area (Å²) in [6, 6.07) is 8.72. The van der Waals surface area contributed by atoms with Gasteiger partial charge in [0, 0.05) is 25.0 Å². The quantitative estimate of drug-likeness (QED) is 0.918. The first kappa shape index (κ1) is 13.6. The first-order valence-electron chi connectivity index (χ1n) is 7.78. The molecule has 1 saturated heterocycles. The second-order valence-corrected chi connectivity index (χ2v) is 6.22. The Morgan fingerprint density at radius 3 is 2.90 bits per heavy atom. The number of rotatable bonds is 3. The number of nitrogens with zero attached hydrogens (tertiary/aromatic N) is 1. The highest BCUT2D eigenvalue weighted by Crippen LogP contribution is 2.49. The van der Waals surface area contributed by atoms with Crippen molar-refractivity contribution in [1.82, 2.24) is 4.90 Å². The van der Waals surface area contributed by atoms with E-state index in [0.717, 1.165) is 25.8 Å². The molecule has 1 amide bonds. The minimum absolute atomic E-state index is 0.197. The number of nitrogens with two attached hydrogens (primary N) is 1. The molecule has 0 bridgehead atoms. The van der Waals surface area contributed by atoms with E-state index in [4.69, 9.17) is 5.73 Å². The Labute approximate surface area is 121 Å². The number of carbonyl (C=O) groups excluding carboxylic acids is 1. The molecule has 1 aromatic carbocycles. The Kier molecular flexibility index (Phi) is 3.79. The highest BCUT2D eigenvalue weighted by molar-refractivity contribution is 5.83. The van der Waals surface area contributed by atoms with Gasteiger partial charge in [0.05, 0.1) is 0 Å². The van der Waals surface area contributed by atoms with Gasteiger partial charge in [-0.3, -0.25) is 4.79 Å². The molecule has 3 heteroatoms. The number of amides is 1. The van der Waals surface area contributed by atoms with E-state index in [9.17, 15) is 4.79 Å². The Bertz CT molecular complexity index is 500. The summed E-state index contributed by atoms with van der Waals surface area (Å²) >= 11 is 0. The van der Waals surface area contributed by atoms with E-state index in [1.165, 1.54) is 17.5 Å². The van der Waals surface area contributed by atoms with Gasteiger partial charge in [-0.1, -0.05) is 24.3 Å². The van der Waals surface area contributed by atoms with Crippen molar-refractivity contribution < 1.29 is 4.79 Å². The molecule has 1 aliphatic heterocycles. The molecule has 1 saturated carbocycles. The van der Waals surface area contributed by atoms with E-state index >= 15 is 0 Å². The Morgan fingerprint density at radius 2 is 2.15 bits per heavy atom. The first-order chi connectivity index (χ1) is 9.72. The molecule has 0 radical (unpaired) electrons. The van der Waals surface area contributed by atoms with Crippen molar-refractivity contribution >= 4 is 5.91 Å². The van der Waals surface area contributed by atoms with Crippen LogP contribution in [-0.2, 0) is 4.79 Å². The van der Waals surface area contributed by atoms with Crippen LogP contribution in [0.5, 0.6) is 0 Å². The molecule has 1 aliphatic carbocycles. The van der Waals surface area contributed by atoms with Crippen molar-refractivity contribution in [2.75, 3.05) is 13.1 Å². The molecule has 2 N–H and O–H groups in total. The van der Waals surface area contributed by atoms with Crippen LogP contribution in [-0.4, -0.2) is 29.9 Å². The zero-order chi connectivity index (χ0) is 14.1. The van der Waals surface area contributed by atoms with Gasteiger partial charge in [0.25, 0.3) is 0 Å². The summed E-state index contributed by atoms with van der Waals surface area (Å²) in [7, 11) is 0. The molecule has 3 rings (SSSR count). The lowest BCUT2D eigenvalue weighted by atomic mass is 10.00. The van der Waals surface area contributed by atoms with E-state index < -0.39 is 0 Å². The Balaban J connectivity index is 1.69. The van der Waals surface area contributed by atoms with E-state index in [-0.39, 0.29) is 12.0 Å². The summed E-state index contributed by atoms with van der Waals surface area (Å²) in [5, 5.41) is 0. The number of benzene rings is 1. The van der Waals surface area contributed by atoms with Crippen LogP contribution in [0, 0.1) is 12.8 Å². The van der Waals surface area contributed by atoms with E-state index in [2.05, 4.69) is 36.1 Å². The van der Waals surface area contributed by atoms with Crippen LogP contribution in [0.2, 0.25) is 0 Å². The minimum atomic E-state index is 0.197. The third kappa shape index (κ3) is 2.47. The van der Waals surface area contributed by atoms with Crippen molar-refractivity contribution in [3.05, 3.63) is 35.4 Å². The molecule has 3 atom stereocenters. The summed E-state index contributed by atoms with van der Waals surface area (Å²) < 4.78 is 0. The third-order valence-electron chi connectivity index (χ3n) is 4.88. The van der Waals surface area contributed by atoms with Crippen LogP contribution < -0.4 is 5.73 Å². The average molecular weight is 272 g/mol. The van der Waals surface area contributed by atoms with Gasteiger partial charge in [0.1, 0.15) is 0 Å². The molecule has 1 heterocycles. The molecule has 1 aromatic rings. The summed E-state index contributed by atoms with van der Waals surface area (Å²) in [6.07, 6.45) is 4.42. The molecule has 3 unspecified atom stereocenters. The SMILES string of the molecule is Cc1ccccc1C1CC1C(=O)N1CCCCC1CN. The standard InChI is InChI=1S/C17H24N2O/c1-12-6-2-3-8-14(12)15-10-16(15)17(20)19-9-5-4-7-13(19)11-18/h2-3,6,8,13,15-16H,4-5,7,9-11,18H2,1H3. The highest BCUT2D eigenvalue weighted by atomic mass is 16.2. The molecular formula is C17H24N2O. The van der Waals surface area contributed by atoms with Crippen molar-refractivity contribution in [2.24, 2.45) is 11.7 Å². The number of carbonyl (C=O) groups is 1. The van der Waals surface area contributed by atoms with Gasteiger partial charge < -0.3 is 10.6 Å². The first-order valence-corrected chi connectivity index (χ1v) is 7.78. The number of hydrogen-bond acceptors (Lipinski definition) is 2. The highest BCUT2D eigenvalue weighted by Gasteiger charge is 2.47. The van der Waals surface area contributed by atoms with E-state index in [0.29, 0.717) is 18.4 Å². The van der Waals surface area contributed by atoms with Gasteiger partial charge in [-0.25, -0.2) is 0 Å². The molecule has 108 valence electrons. The average Bonchev–Trinajstić information content (AvgIpc) is 3.27. The smallest absolute Gasteiger partial charge is 0.226 e. The van der Waals surface area contributed by atoms with Crippen molar-refractivity contribution in [1.29, 1.82) is 0 Å². The normalized spacial score (nSPS) is 29.3. The van der Waals surface area contributed by atoms with Gasteiger partial charge >= 0.3 is 0 Å². The maximum atomic E-state index is 12.7. The van der Waals surface area contributed by atoms with Crippen LogP contribution >= 0.6 is 0 Å². The fourth-order valence-electron chi connectivity index (χ4n) is 3.56. The number of piperidine rings is 1. The van der Waals surface area contributed by atoms with Crippen LogP contribution in [0.4, 0.5) is 0 Å². The zero-order valence-electron chi connectivity index (χ0n) is 12.2. The maximum Gasteiger partial charge on any atom is 0.226 e. The van der Waals surface area contributed by atoms with Crippen LogP contribution in [0.3, 0.4) is 0 Å². The van der Waals surface area contributed by atoms with Crippen LogP contribution in [0.25, 0.3) is 0 Å². The van der Waals surface area contributed by atoms with Gasteiger partial charge in [0.2, 0.25) is 5.91 Å². The molecule has 0 aromatic heterocycles. The fraction of sp³-hybridized carbons (Fsp3) is 0.588. The predicted molar refractivity (Wildman–Crippen MR) is 80.4 cm³/mol. The topological polar surface area (TPSA) is 46.3 Å². The van der Waals surface area contributed by atoms with E-state index in [1.54, 1.807) is 0 Å². The van der Waals surface area contributed by atoms with E-state index in [1.807, 2.05) is 0 Å². The lowest BCUT2D eigenvalue weighted by Gasteiger charge is -2.35. The lowest BCUT2D eigenvalue weighted by Crippen LogP contribution is -2.48. The number of aryl methyl sites for hydroxylation is 1. The summed E-state index contributed by atoms with van der Waals surface area (Å²) in [4.78, 5) is 14.8. The summed E-state index contributed by atoms with van der Waals surface area (Å²) in [5.74, 6) is 0.973. The molecular weight excluding hydrogens is 248 g/mol. The molecule has 2 aliphatic rings. The van der Waals surface area contributed by atoms with Crippen LogP contribution in [0.15, 0.2) is 24.3 Å². The van der Waals surface area contributed by atoms with Gasteiger partial charge in [0.15, 0.2) is 0 Å². The zero-order valence-corrected chi connectivity index (χ0v) is 12.2. The predicted octanol–water partition coefficient (Wildman–Crippen LogP) is 2.44. The lowest BCUT2D eigenvalue weighted by molar-refractivity contribution is -0.136. The van der Waals surface area contributed by atoms with Crippen molar-refractivity contribution in [2.45, 2.75) is 44.6 Å². The number of likely N-dealkylation sites (tertiary alicyclic amines) is 1. The molecule has 3 nitrogen and oxygen atoms in total. The monoisotopic (exact) mass is 272 g/mol. The van der Waals surface area contributed by atoms with Gasteiger partial charge in [-0.2, -0.15) is 0 Å². The van der Waals surface area contributed by atoms with Crippen LogP contribution in [0.1, 0.15) is 42.7 Å². The van der Waals surface area contributed by atoms with Gasteiger partial charge in [-0.05, 0) is 49.7 Å². The molecule has 0 spiro atoms. The summed E-state index contributed by atoms with van der Waals surface area (Å²) in [6.45, 7) is 3.64. The van der Waals surface area contributed by atoms with Gasteiger partial charge in [-0.15, -0.1) is 0 Å². The second kappa shape index (κ2) is 5.57. The Morgan fingerprint density at radius 1 is 1.35 bits per heavy atom. The number of hydrogen-bond donors (Lipinski definition) is 1. The fourth-order valence-corrected chi connectivity index (χ4v) is 3.56. The Hall–Kier alpha value is -1.35. The summed E-state index contributed by atoms with van der Waals surface area (Å²) in [5.41, 5.74) is 8.49. The second-order valence-electron chi connectivity index (χ2n) is 6.22. The largest absolute Gasteiger partial charge is 0.338 e. The molecule has 2 fully saturated rings. The van der Waals surface area contributed by atoms with Crippen molar-refractivity contribution in [3.8, 4) is 0 Å².